The SMILES string of the molecule is COc1cc2nc(N(CCCN(C)C)C(=O)c3ccc(S(=O)(=O)N4CCCCCC4)cc3)sc2cc1OC. The molecule has 0 radical (unpaired) electrons. The molecule has 9 nitrogen and oxygen atoms in total. The third-order valence-corrected chi connectivity index (χ3v) is 9.60. The van der Waals surface area contributed by atoms with Crippen molar-refractivity contribution in [3.05, 3.63) is 42.0 Å². The van der Waals surface area contributed by atoms with Gasteiger partial charge in [0.2, 0.25) is 10.0 Å². The first-order valence-corrected chi connectivity index (χ1v) is 15.1. The second kappa shape index (κ2) is 12.4. The fraction of sp³-hybridized carbons (Fsp3) is 0.481. The van der Waals surface area contributed by atoms with Gasteiger partial charge in [0, 0.05) is 37.3 Å². The molecule has 1 saturated heterocycles. The van der Waals surface area contributed by atoms with E-state index in [4.69, 9.17) is 14.5 Å². The average Bonchev–Trinajstić information content (AvgIpc) is 3.11. The fourth-order valence-electron chi connectivity index (χ4n) is 4.54. The number of thiazole rings is 1. The summed E-state index contributed by atoms with van der Waals surface area (Å²) in [7, 11) is 3.56. The van der Waals surface area contributed by atoms with Gasteiger partial charge in [-0.15, -0.1) is 0 Å². The van der Waals surface area contributed by atoms with Crippen LogP contribution in [0.1, 0.15) is 42.5 Å². The number of amides is 1. The molecule has 11 heteroatoms. The highest BCUT2D eigenvalue weighted by atomic mass is 32.2. The topological polar surface area (TPSA) is 92.3 Å². The zero-order valence-corrected chi connectivity index (χ0v) is 24.1. The van der Waals surface area contributed by atoms with Gasteiger partial charge in [0.1, 0.15) is 0 Å². The van der Waals surface area contributed by atoms with Crippen molar-refractivity contribution in [2.45, 2.75) is 37.0 Å². The number of fused-ring (bicyclic) bond motifs is 1. The number of rotatable bonds is 10. The number of benzene rings is 2. The van der Waals surface area contributed by atoms with Crippen LogP contribution in [0.5, 0.6) is 11.5 Å². The molecule has 0 atom stereocenters. The van der Waals surface area contributed by atoms with E-state index in [1.54, 1.807) is 53.8 Å². The van der Waals surface area contributed by atoms with Gasteiger partial charge >= 0.3 is 0 Å². The number of carbonyl (C=O) groups is 1. The predicted molar refractivity (Wildman–Crippen MR) is 151 cm³/mol. The molecule has 0 saturated carbocycles. The van der Waals surface area contributed by atoms with Crippen molar-refractivity contribution in [1.29, 1.82) is 0 Å². The summed E-state index contributed by atoms with van der Waals surface area (Å²) in [6.07, 6.45) is 4.60. The van der Waals surface area contributed by atoms with E-state index in [1.807, 2.05) is 20.2 Å². The van der Waals surface area contributed by atoms with Crippen LogP contribution in [0.25, 0.3) is 10.2 Å². The molecule has 2 heterocycles. The molecule has 0 spiro atoms. The molecule has 0 unspecified atom stereocenters. The summed E-state index contributed by atoms with van der Waals surface area (Å²) in [5, 5.41) is 0.570. The second-order valence-corrected chi connectivity index (χ2v) is 12.6. The Hall–Kier alpha value is -2.73. The van der Waals surface area contributed by atoms with Gasteiger partial charge in [-0.1, -0.05) is 24.2 Å². The lowest BCUT2D eigenvalue weighted by Crippen LogP contribution is -2.34. The quantitative estimate of drug-likeness (QED) is 0.361. The minimum absolute atomic E-state index is 0.217. The van der Waals surface area contributed by atoms with Crippen LogP contribution in [0.4, 0.5) is 5.13 Å². The van der Waals surface area contributed by atoms with Crippen LogP contribution in [0.15, 0.2) is 41.3 Å². The highest BCUT2D eigenvalue weighted by Gasteiger charge is 2.27. The number of methoxy groups -OCH3 is 2. The molecule has 0 bridgehead atoms. The van der Waals surface area contributed by atoms with Gasteiger partial charge in [-0.25, -0.2) is 13.4 Å². The molecule has 0 aliphatic carbocycles. The van der Waals surface area contributed by atoms with E-state index in [-0.39, 0.29) is 10.8 Å². The van der Waals surface area contributed by atoms with Gasteiger partial charge in [0.25, 0.3) is 5.91 Å². The van der Waals surface area contributed by atoms with Gasteiger partial charge in [0.05, 0.1) is 29.3 Å². The zero-order valence-electron chi connectivity index (χ0n) is 22.5. The number of hydrogen-bond acceptors (Lipinski definition) is 8. The number of ether oxygens (including phenoxy) is 2. The largest absolute Gasteiger partial charge is 0.493 e. The maximum Gasteiger partial charge on any atom is 0.260 e. The second-order valence-electron chi connectivity index (χ2n) is 9.63. The van der Waals surface area contributed by atoms with Gasteiger partial charge in [-0.2, -0.15) is 4.31 Å². The van der Waals surface area contributed by atoms with E-state index in [1.165, 1.54) is 11.3 Å². The van der Waals surface area contributed by atoms with Crippen LogP contribution < -0.4 is 14.4 Å². The molecule has 1 aromatic heterocycles. The fourth-order valence-corrected chi connectivity index (χ4v) is 7.06. The Labute approximate surface area is 229 Å². The Morgan fingerprint density at radius 2 is 1.61 bits per heavy atom. The number of hydrogen-bond donors (Lipinski definition) is 0. The zero-order chi connectivity index (χ0) is 27.3. The summed E-state index contributed by atoms with van der Waals surface area (Å²) >= 11 is 1.41. The summed E-state index contributed by atoms with van der Waals surface area (Å²) in [4.78, 5) is 22.4. The third-order valence-electron chi connectivity index (χ3n) is 6.65. The van der Waals surface area contributed by atoms with Gasteiger partial charge in [-0.05, 0) is 64.2 Å². The molecular weight excluding hydrogens is 524 g/mol. The number of aromatic nitrogens is 1. The third kappa shape index (κ3) is 6.28. The summed E-state index contributed by atoms with van der Waals surface area (Å²) in [6.45, 7) is 2.36. The Morgan fingerprint density at radius 1 is 0.974 bits per heavy atom. The van der Waals surface area contributed by atoms with E-state index >= 15 is 0 Å². The average molecular weight is 561 g/mol. The van der Waals surface area contributed by atoms with E-state index in [2.05, 4.69) is 4.90 Å². The molecule has 4 rings (SSSR count). The smallest absolute Gasteiger partial charge is 0.260 e. The van der Waals surface area contributed by atoms with Crippen LogP contribution in [0, 0.1) is 0 Å². The first kappa shape index (κ1) is 28.3. The number of anilines is 1. The molecule has 2 aromatic carbocycles. The van der Waals surface area contributed by atoms with Crippen LogP contribution in [0.2, 0.25) is 0 Å². The molecule has 38 heavy (non-hydrogen) atoms. The van der Waals surface area contributed by atoms with Crippen LogP contribution in [-0.4, -0.2) is 83.0 Å². The van der Waals surface area contributed by atoms with Crippen molar-refractivity contribution >= 4 is 42.6 Å². The van der Waals surface area contributed by atoms with Gasteiger partial charge in [0.15, 0.2) is 16.6 Å². The van der Waals surface area contributed by atoms with Crippen molar-refractivity contribution in [3.63, 3.8) is 0 Å². The van der Waals surface area contributed by atoms with Gasteiger partial charge in [-0.3, -0.25) is 9.69 Å². The molecule has 1 fully saturated rings. The van der Waals surface area contributed by atoms with E-state index in [9.17, 15) is 13.2 Å². The predicted octanol–water partition coefficient (Wildman–Crippen LogP) is 4.48. The number of nitrogens with zero attached hydrogens (tertiary/aromatic N) is 4. The molecule has 206 valence electrons. The van der Waals surface area contributed by atoms with Crippen molar-refractivity contribution in [2.75, 3.05) is 59.4 Å². The summed E-state index contributed by atoms with van der Waals surface area (Å²) in [5.74, 6) is 0.950. The highest BCUT2D eigenvalue weighted by Crippen LogP contribution is 2.37. The maximum absolute atomic E-state index is 13.7. The van der Waals surface area contributed by atoms with Crippen LogP contribution >= 0.6 is 11.3 Å². The monoisotopic (exact) mass is 560 g/mol. The first-order chi connectivity index (χ1) is 18.2. The Kier molecular flexibility index (Phi) is 9.24. The van der Waals surface area contributed by atoms with E-state index in [0.29, 0.717) is 47.3 Å². The van der Waals surface area contributed by atoms with Crippen LogP contribution in [-0.2, 0) is 10.0 Å². The standard InChI is InChI=1S/C27H36N4O5S2/c1-29(2)14-9-17-31(27-28-22-18-23(35-3)24(36-4)19-25(22)37-27)26(32)20-10-12-21(13-11-20)38(33,34)30-15-7-5-6-8-16-30/h10-13,18-19H,5-9,14-17H2,1-4H3. The van der Waals surface area contributed by atoms with E-state index < -0.39 is 10.0 Å². The number of sulfonamides is 1. The van der Waals surface area contributed by atoms with Gasteiger partial charge < -0.3 is 14.4 Å². The molecular formula is C27H36N4O5S2. The molecule has 1 aliphatic rings. The van der Waals surface area contributed by atoms with Crippen molar-refractivity contribution in [3.8, 4) is 11.5 Å². The summed E-state index contributed by atoms with van der Waals surface area (Å²) in [5.41, 5.74) is 1.13. The number of carbonyl (C=O) groups excluding carboxylic acids is 1. The highest BCUT2D eigenvalue weighted by molar-refractivity contribution is 7.89. The minimum atomic E-state index is -3.59. The molecule has 0 N–H and O–H groups in total. The Bertz CT molecular complexity index is 1310. The van der Waals surface area contributed by atoms with Crippen molar-refractivity contribution < 1.29 is 22.7 Å². The Morgan fingerprint density at radius 3 is 2.21 bits per heavy atom. The van der Waals surface area contributed by atoms with E-state index in [0.717, 1.165) is 43.3 Å². The summed E-state index contributed by atoms with van der Waals surface area (Å²) < 4.78 is 39.6. The minimum Gasteiger partial charge on any atom is -0.493 e. The molecule has 1 amide bonds. The lowest BCUT2D eigenvalue weighted by atomic mass is 10.2. The lowest BCUT2D eigenvalue weighted by molar-refractivity contribution is 0.0986. The maximum atomic E-state index is 13.7. The normalized spacial score (nSPS) is 15.0. The van der Waals surface area contributed by atoms with Crippen molar-refractivity contribution in [1.82, 2.24) is 14.2 Å². The summed E-state index contributed by atoms with van der Waals surface area (Å²) in [6, 6.07) is 9.95. The lowest BCUT2D eigenvalue weighted by Gasteiger charge is -2.22. The van der Waals surface area contributed by atoms with Crippen molar-refractivity contribution in [2.24, 2.45) is 0 Å². The molecule has 3 aromatic rings. The molecule has 1 aliphatic heterocycles. The van der Waals surface area contributed by atoms with Crippen LogP contribution in [0.3, 0.4) is 0 Å². The Balaban J connectivity index is 1.62. The first-order valence-electron chi connectivity index (χ1n) is 12.8.